The molecule has 0 saturated heterocycles. The Morgan fingerprint density at radius 3 is 2.56 bits per heavy atom. The lowest BCUT2D eigenvalue weighted by Crippen LogP contribution is -2.06. The first kappa shape index (κ1) is 13.1. The van der Waals surface area contributed by atoms with Gasteiger partial charge in [0.1, 0.15) is 17.2 Å². The lowest BCUT2D eigenvalue weighted by molar-refractivity contribution is 0.142. The highest BCUT2D eigenvalue weighted by Crippen LogP contribution is 2.28. The SMILES string of the molecule is Fc1ccc(-n2ncc(CBr)c2C(F)F)c(F)c1. The maximum atomic E-state index is 13.5. The molecule has 0 saturated carbocycles. The monoisotopic (exact) mass is 322 g/mol. The fourth-order valence-corrected chi connectivity index (χ4v) is 2.00. The quantitative estimate of drug-likeness (QED) is 0.617. The minimum Gasteiger partial charge on any atom is -0.229 e. The highest BCUT2D eigenvalue weighted by atomic mass is 79.9. The van der Waals surface area contributed by atoms with Crippen molar-refractivity contribution < 1.29 is 17.6 Å². The minimum absolute atomic E-state index is 0.176. The summed E-state index contributed by atoms with van der Waals surface area (Å²) in [6.07, 6.45) is -1.58. The van der Waals surface area contributed by atoms with E-state index in [1.165, 1.54) is 6.20 Å². The Morgan fingerprint density at radius 2 is 2.00 bits per heavy atom. The highest BCUT2D eigenvalue weighted by molar-refractivity contribution is 9.08. The summed E-state index contributed by atoms with van der Waals surface area (Å²) in [5.41, 5.74) is -0.356. The zero-order valence-electron chi connectivity index (χ0n) is 8.88. The third-order valence-electron chi connectivity index (χ3n) is 2.37. The van der Waals surface area contributed by atoms with Crippen molar-refractivity contribution in [3.05, 3.63) is 47.3 Å². The predicted octanol–water partition coefficient (Wildman–Crippen LogP) is 3.98. The summed E-state index contributed by atoms with van der Waals surface area (Å²) in [7, 11) is 0. The summed E-state index contributed by atoms with van der Waals surface area (Å²) >= 11 is 3.05. The van der Waals surface area contributed by atoms with Crippen molar-refractivity contribution in [1.82, 2.24) is 9.78 Å². The van der Waals surface area contributed by atoms with Crippen LogP contribution in [0.1, 0.15) is 17.7 Å². The summed E-state index contributed by atoms with van der Waals surface area (Å²) in [5.74, 6) is -1.72. The van der Waals surface area contributed by atoms with Crippen LogP contribution in [-0.2, 0) is 5.33 Å². The Labute approximate surface area is 108 Å². The fourth-order valence-electron chi connectivity index (χ4n) is 1.57. The van der Waals surface area contributed by atoms with Crippen molar-refractivity contribution in [2.24, 2.45) is 0 Å². The Kier molecular flexibility index (Phi) is 3.70. The van der Waals surface area contributed by atoms with Crippen LogP contribution >= 0.6 is 15.9 Å². The van der Waals surface area contributed by atoms with E-state index in [0.29, 0.717) is 6.07 Å². The second-order valence-electron chi connectivity index (χ2n) is 3.50. The van der Waals surface area contributed by atoms with Gasteiger partial charge in [0, 0.05) is 17.0 Å². The van der Waals surface area contributed by atoms with E-state index in [9.17, 15) is 17.6 Å². The molecule has 0 aliphatic carbocycles. The molecule has 96 valence electrons. The Bertz CT molecular complexity index is 568. The van der Waals surface area contributed by atoms with Crippen molar-refractivity contribution in [3.63, 3.8) is 0 Å². The highest BCUT2D eigenvalue weighted by Gasteiger charge is 2.22. The maximum Gasteiger partial charge on any atom is 0.280 e. The van der Waals surface area contributed by atoms with Gasteiger partial charge in [-0.15, -0.1) is 0 Å². The van der Waals surface area contributed by atoms with Gasteiger partial charge in [-0.3, -0.25) is 0 Å². The molecule has 0 aliphatic rings. The van der Waals surface area contributed by atoms with Crippen molar-refractivity contribution >= 4 is 15.9 Å². The molecule has 1 aromatic carbocycles. The second kappa shape index (κ2) is 5.09. The van der Waals surface area contributed by atoms with Gasteiger partial charge in [-0.25, -0.2) is 22.2 Å². The van der Waals surface area contributed by atoms with E-state index in [2.05, 4.69) is 21.0 Å². The van der Waals surface area contributed by atoms with Gasteiger partial charge in [0.25, 0.3) is 6.43 Å². The number of hydrogen-bond donors (Lipinski definition) is 0. The topological polar surface area (TPSA) is 17.8 Å². The number of benzene rings is 1. The molecule has 2 nitrogen and oxygen atoms in total. The summed E-state index contributed by atoms with van der Waals surface area (Å²) in [4.78, 5) is 0. The van der Waals surface area contributed by atoms with Crippen molar-refractivity contribution in [2.45, 2.75) is 11.8 Å². The summed E-state index contributed by atoms with van der Waals surface area (Å²) in [6, 6.07) is 2.69. The lowest BCUT2D eigenvalue weighted by atomic mass is 10.2. The third kappa shape index (κ3) is 2.27. The van der Waals surface area contributed by atoms with Gasteiger partial charge in [-0.05, 0) is 12.1 Å². The number of alkyl halides is 3. The van der Waals surface area contributed by atoms with Crippen molar-refractivity contribution in [1.29, 1.82) is 0 Å². The molecule has 2 aromatic rings. The molecule has 0 radical (unpaired) electrons. The lowest BCUT2D eigenvalue weighted by Gasteiger charge is -2.09. The Hall–Kier alpha value is -1.37. The van der Waals surface area contributed by atoms with E-state index in [1.807, 2.05) is 0 Å². The molecule has 1 aromatic heterocycles. The van der Waals surface area contributed by atoms with E-state index in [-0.39, 0.29) is 16.6 Å². The standard InChI is InChI=1S/C11H7BrF4N2/c12-4-6-5-17-18(10(6)11(15)16)9-2-1-7(13)3-8(9)14/h1-3,5,11H,4H2. The van der Waals surface area contributed by atoms with Crippen LogP contribution in [0.3, 0.4) is 0 Å². The molecule has 18 heavy (non-hydrogen) atoms. The molecule has 0 unspecified atom stereocenters. The largest absolute Gasteiger partial charge is 0.280 e. The Morgan fingerprint density at radius 1 is 1.28 bits per heavy atom. The average Bonchev–Trinajstić information content (AvgIpc) is 2.72. The zero-order valence-corrected chi connectivity index (χ0v) is 10.5. The number of rotatable bonds is 3. The molecular weight excluding hydrogens is 316 g/mol. The van der Waals surface area contributed by atoms with Crippen LogP contribution in [0.25, 0.3) is 5.69 Å². The van der Waals surface area contributed by atoms with Crippen LogP contribution in [0, 0.1) is 11.6 Å². The van der Waals surface area contributed by atoms with Gasteiger partial charge in [0.05, 0.1) is 6.20 Å². The summed E-state index contributed by atoms with van der Waals surface area (Å²) < 4.78 is 52.9. The molecule has 0 fully saturated rings. The molecule has 0 aliphatic heterocycles. The summed E-state index contributed by atoms with van der Waals surface area (Å²) in [6.45, 7) is 0. The summed E-state index contributed by atoms with van der Waals surface area (Å²) in [5, 5.41) is 3.89. The first-order valence-corrected chi connectivity index (χ1v) is 6.03. The molecule has 0 spiro atoms. The minimum atomic E-state index is -2.80. The van der Waals surface area contributed by atoms with E-state index >= 15 is 0 Å². The molecule has 0 amide bonds. The molecule has 1 heterocycles. The van der Waals surface area contributed by atoms with Crippen LogP contribution in [0.15, 0.2) is 24.4 Å². The molecule has 7 heteroatoms. The number of halogens is 5. The normalized spacial score (nSPS) is 11.2. The maximum absolute atomic E-state index is 13.5. The molecule has 0 bridgehead atoms. The van der Waals surface area contributed by atoms with Crippen LogP contribution in [0.2, 0.25) is 0 Å². The van der Waals surface area contributed by atoms with E-state index in [4.69, 9.17) is 0 Å². The van der Waals surface area contributed by atoms with Gasteiger partial charge in [0.2, 0.25) is 0 Å². The number of aromatic nitrogens is 2. The van der Waals surface area contributed by atoms with E-state index < -0.39 is 23.8 Å². The Balaban J connectivity index is 2.60. The smallest absolute Gasteiger partial charge is 0.229 e. The van der Waals surface area contributed by atoms with Crippen molar-refractivity contribution in [3.8, 4) is 5.69 Å². The van der Waals surface area contributed by atoms with Gasteiger partial charge in [0.15, 0.2) is 5.82 Å². The van der Waals surface area contributed by atoms with Gasteiger partial charge >= 0.3 is 0 Å². The number of nitrogens with zero attached hydrogens (tertiary/aromatic N) is 2. The third-order valence-corrected chi connectivity index (χ3v) is 2.98. The van der Waals surface area contributed by atoms with Gasteiger partial charge in [-0.2, -0.15) is 5.10 Å². The van der Waals surface area contributed by atoms with E-state index in [0.717, 1.165) is 16.8 Å². The second-order valence-corrected chi connectivity index (χ2v) is 4.06. The van der Waals surface area contributed by atoms with Crippen LogP contribution in [-0.4, -0.2) is 9.78 Å². The predicted molar refractivity (Wildman–Crippen MR) is 61.1 cm³/mol. The molecule has 0 N–H and O–H groups in total. The van der Waals surface area contributed by atoms with Crippen molar-refractivity contribution in [2.75, 3.05) is 0 Å². The zero-order chi connectivity index (χ0) is 13.3. The first-order valence-electron chi connectivity index (χ1n) is 4.91. The average molecular weight is 323 g/mol. The van der Waals surface area contributed by atoms with Gasteiger partial charge in [-0.1, -0.05) is 15.9 Å². The van der Waals surface area contributed by atoms with Crippen LogP contribution in [0.4, 0.5) is 17.6 Å². The molecular formula is C11H7BrF4N2. The fraction of sp³-hybridized carbons (Fsp3) is 0.182. The van der Waals surface area contributed by atoms with Crippen LogP contribution in [0.5, 0.6) is 0 Å². The number of hydrogen-bond acceptors (Lipinski definition) is 1. The molecule has 0 atom stereocenters. The van der Waals surface area contributed by atoms with Crippen LogP contribution < -0.4 is 0 Å². The first-order chi connectivity index (χ1) is 8.54. The molecule has 2 rings (SSSR count). The van der Waals surface area contributed by atoms with E-state index in [1.54, 1.807) is 0 Å². The van der Waals surface area contributed by atoms with Gasteiger partial charge < -0.3 is 0 Å².